The number of carbonyl (C=O) groups is 1. The van der Waals surface area contributed by atoms with Gasteiger partial charge in [-0.2, -0.15) is 0 Å². The molecule has 2 rings (SSSR count). The van der Waals surface area contributed by atoms with E-state index in [1.54, 1.807) is 6.07 Å². The molecule has 0 atom stereocenters. The molecule has 16 heavy (non-hydrogen) atoms. The molecule has 0 amide bonds. The van der Waals surface area contributed by atoms with Crippen LogP contribution in [0.25, 0.3) is 11.4 Å². The Kier molecular flexibility index (Phi) is 2.75. The molecule has 0 unspecified atom stereocenters. The Morgan fingerprint density at radius 2 is 2.25 bits per heavy atom. The zero-order chi connectivity index (χ0) is 11.7. The van der Waals surface area contributed by atoms with Gasteiger partial charge in [0.25, 0.3) is 0 Å². The number of benzene rings is 1. The summed E-state index contributed by atoms with van der Waals surface area (Å²) in [5, 5.41) is 0.254. The third-order valence-electron chi connectivity index (χ3n) is 2.15. The van der Waals surface area contributed by atoms with Gasteiger partial charge in [-0.15, -0.1) is 0 Å². The summed E-state index contributed by atoms with van der Waals surface area (Å²) < 4.78 is 13.5. The molecule has 0 aliphatic carbocycles. The lowest BCUT2D eigenvalue weighted by molar-refractivity contribution is 0.101. The summed E-state index contributed by atoms with van der Waals surface area (Å²) >= 11 is 5.87. The highest BCUT2D eigenvalue weighted by molar-refractivity contribution is 6.33. The lowest BCUT2D eigenvalue weighted by atomic mass is 10.2. The first-order valence-electron chi connectivity index (χ1n) is 4.60. The number of halogens is 2. The number of nitrogens with zero attached hydrogens (tertiary/aromatic N) is 1. The Balaban J connectivity index is 2.54. The van der Waals surface area contributed by atoms with Crippen molar-refractivity contribution in [1.82, 2.24) is 9.97 Å². The number of hydrogen-bond acceptors (Lipinski definition) is 2. The number of hydrogen-bond donors (Lipinski definition) is 1. The molecule has 0 fully saturated rings. The van der Waals surface area contributed by atoms with Gasteiger partial charge in [-0.05, 0) is 12.1 Å². The van der Waals surface area contributed by atoms with Crippen LogP contribution in [0.15, 0.2) is 24.4 Å². The number of ketones is 1. The number of aromatic amines is 1. The average Bonchev–Trinajstić information content (AvgIpc) is 2.66. The second-order valence-corrected chi connectivity index (χ2v) is 3.71. The number of carbonyl (C=O) groups excluding carboxylic acids is 1. The van der Waals surface area contributed by atoms with Crippen LogP contribution in [-0.4, -0.2) is 15.8 Å². The largest absolute Gasteiger partial charge is 0.335 e. The van der Waals surface area contributed by atoms with Gasteiger partial charge in [0.05, 0.1) is 16.8 Å². The van der Waals surface area contributed by atoms with Gasteiger partial charge in [0.15, 0.2) is 5.78 Å². The van der Waals surface area contributed by atoms with Crippen molar-refractivity contribution in [2.24, 2.45) is 0 Å². The molecule has 0 radical (unpaired) electrons. The van der Waals surface area contributed by atoms with Crippen molar-refractivity contribution in [2.45, 2.75) is 6.92 Å². The molecule has 0 aliphatic rings. The summed E-state index contributed by atoms with van der Waals surface area (Å²) in [5.74, 6) is -0.378. The van der Waals surface area contributed by atoms with E-state index in [-0.39, 0.29) is 22.2 Å². The first kappa shape index (κ1) is 10.8. The van der Waals surface area contributed by atoms with Gasteiger partial charge < -0.3 is 4.98 Å². The molecule has 3 nitrogen and oxygen atoms in total. The van der Waals surface area contributed by atoms with Gasteiger partial charge in [-0.25, -0.2) is 9.37 Å². The lowest BCUT2D eigenvalue weighted by Gasteiger charge is -2.01. The third kappa shape index (κ3) is 1.84. The zero-order valence-corrected chi connectivity index (χ0v) is 9.18. The van der Waals surface area contributed by atoms with Crippen LogP contribution in [0.3, 0.4) is 0 Å². The van der Waals surface area contributed by atoms with Gasteiger partial charge in [0.2, 0.25) is 0 Å². The minimum absolute atomic E-state index is 0.161. The predicted octanol–water partition coefficient (Wildman–Crippen LogP) is 3.07. The molecule has 1 aromatic heterocycles. The van der Waals surface area contributed by atoms with Crippen LogP contribution in [0.4, 0.5) is 4.39 Å². The second kappa shape index (κ2) is 4.06. The predicted molar refractivity (Wildman–Crippen MR) is 59.0 cm³/mol. The van der Waals surface area contributed by atoms with Gasteiger partial charge in [0, 0.05) is 6.92 Å². The molecule has 0 saturated heterocycles. The zero-order valence-electron chi connectivity index (χ0n) is 8.42. The SMILES string of the molecule is CC(=O)c1cnc(-c2c(F)cccc2Cl)[nH]1. The van der Waals surface area contributed by atoms with Gasteiger partial charge >= 0.3 is 0 Å². The van der Waals surface area contributed by atoms with Crippen molar-refractivity contribution < 1.29 is 9.18 Å². The van der Waals surface area contributed by atoms with E-state index in [1.807, 2.05) is 0 Å². The summed E-state index contributed by atoms with van der Waals surface area (Å²) in [6, 6.07) is 4.36. The molecule has 2 aromatic rings. The topological polar surface area (TPSA) is 45.8 Å². The highest BCUT2D eigenvalue weighted by Gasteiger charge is 2.13. The molecule has 1 aromatic carbocycles. The normalized spacial score (nSPS) is 10.4. The van der Waals surface area contributed by atoms with Crippen molar-refractivity contribution in [3.63, 3.8) is 0 Å². The van der Waals surface area contributed by atoms with Crippen LogP contribution in [-0.2, 0) is 0 Å². The van der Waals surface area contributed by atoms with E-state index in [9.17, 15) is 9.18 Å². The lowest BCUT2D eigenvalue weighted by Crippen LogP contribution is -1.92. The van der Waals surface area contributed by atoms with E-state index in [1.165, 1.54) is 25.3 Å². The number of Topliss-reactive ketones (excluding diaryl/α,β-unsaturated/α-hetero) is 1. The smallest absolute Gasteiger partial charge is 0.177 e. The number of H-pyrrole nitrogens is 1. The molecule has 0 spiro atoms. The van der Waals surface area contributed by atoms with E-state index in [0.717, 1.165) is 0 Å². The third-order valence-corrected chi connectivity index (χ3v) is 2.47. The maximum Gasteiger partial charge on any atom is 0.177 e. The fourth-order valence-electron chi connectivity index (χ4n) is 1.35. The van der Waals surface area contributed by atoms with Crippen LogP contribution in [0.1, 0.15) is 17.4 Å². The summed E-state index contributed by atoms with van der Waals surface area (Å²) in [5.41, 5.74) is 0.506. The van der Waals surface area contributed by atoms with Crippen molar-refractivity contribution >= 4 is 17.4 Å². The van der Waals surface area contributed by atoms with Crippen molar-refractivity contribution in [3.8, 4) is 11.4 Å². The summed E-state index contributed by atoms with van der Waals surface area (Å²) in [7, 11) is 0. The number of imidazole rings is 1. The molecule has 82 valence electrons. The first-order chi connectivity index (χ1) is 7.59. The maximum atomic E-state index is 13.5. The molecule has 5 heteroatoms. The Bertz CT molecular complexity index is 530. The van der Waals surface area contributed by atoms with E-state index in [4.69, 9.17) is 11.6 Å². The van der Waals surface area contributed by atoms with Crippen molar-refractivity contribution in [3.05, 3.63) is 40.9 Å². The minimum atomic E-state index is -0.475. The van der Waals surface area contributed by atoms with Gasteiger partial charge in [-0.3, -0.25) is 4.79 Å². The van der Waals surface area contributed by atoms with E-state index in [0.29, 0.717) is 5.69 Å². The monoisotopic (exact) mass is 238 g/mol. The molecular formula is C11H8ClFN2O. The van der Waals surface area contributed by atoms with E-state index >= 15 is 0 Å². The van der Waals surface area contributed by atoms with Crippen LogP contribution < -0.4 is 0 Å². The maximum absolute atomic E-state index is 13.5. The Morgan fingerprint density at radius 1 is 1.50 bits per heavy atom. The molecule has 0 bridgehead atoms. The van der Waals surface area contributed by atoms with Crippen molar-refractivity contribution in [1.29, 1.82) is 0 Å². The van der Waals surface area contributed by atoms with Crippen LogP contribution in [0, 0.1) is 5.82 Å². The number of nitrogens with one attached hydrogen (secondary N) is 1. The molecule has 0 saturated carbocycles. The van der Waals surface area contributed by atoms with Crippen LogP contribution >= 0.6 is 11.6 Å². The van der Waals surface area contributed by atoms with Crippen LogP contribution in [0.2, 0.25) is 5.02 Å². The molecular weight excluding hydrogens is 231 g/mol. The molecule has 1 N–H and O–H groups in total. The second-order valence-electron chi connectivity index (χ2n) is 3.30. The highest BCUT2D eigenvalue weighted by atomic mass is 35.5. The summed E-state index contributed by atoms with van der Waals surface area (Å²) in [6.07, 6.45) is 1.36. The minimum Gasteiger partial charge on any atom is -0.335 e. The highest BCUT2D eigenvalue weighted by Crippen LogP contribution is 2.28. The summed E-state index contributed by atoms with van der Waals surface area (Å²) in [6.45, 7) is 1.40. The number of rotatable bonds is 2. The summed E-state index contributed by atoms with van der Waals surface area (Å²) in [4.78, 5) is 17.7. The average molecular weight is 239 g/mol. The fourth-order valence-corrected chi connectivity index (χ4v) is 1.60. The first-order valence-corrected chi connectivity index (χ1v) is 4.97. The molecule has 1 heterocycles. The van der Waals surface area contributed by atoms with Crippen LogP contribution in [0.5, 0.6) is 0 Å². The van der Waals surface area contributed by atoms with E-state index < -0.39 is 5.82 Å². The Labute approximate surface area is 96.3 Å². The molecule has 0 aliphatic heterocycles. The van der Waals surface area contributed by atoms with Crippen molar-refractivity contribution in [2.75, 3.05) is 0 Å². The quantitative estimate of drug-likeness (QED) is 0.818. The van der Waals surface area contributed by atoms with Gasteiger partial charge in [0.1, 0.15) is 17.3 Å². The Hall–Kier alpha value is -1.68. The van der Waals surface area contributed by atoms with E-state index in [2.05, 4.69) is 9.97 Å². The fraction of sp³-hybridized carbons (Fsp3) is 0.0909. The Morgan fingerprint density at radius 3 is 2.81 bits per heavy atom. The standard InChI is InChI=1S/C11H8ClFN2O/c1-6(16)9-5-14-11(15-9)10-7(12)3-2-4-8(10)13/h2-5H,1H3,(H,14,15). The number of aromatic nitrogens is 2. The van der Waals surface area contributed by atoms with Gasteiger partial charge in [-0.1, -0.05) is 17.7 Å².